The first-order valence-corrected chi connectivity index (χ1v) is 6.24. The molecule has 2 atom stereocenters. The first kappa shape index (κ1) is 13.0. The first-order chi connectivity index (χ1) is 8.70. The van der Waals surface area contributed by atoms with Gasteiger partial charge in [-0.2, -0.15) is 0 Å². The number of rotatable bonds is 3. The molecule has 18 heavy (non-hydrogen) atoms. The average Bonchev–Trinajstić information content (AvgIpc) is 2.39. The quantitative estimate of drug-likeness (QED) is 0.751. The van der Waals surface area contributed by atoms with Crippen LogP contribution in [0.4, 0.5) is 0 Å². The zero-order valence-electron chi connectivity index (χ0n) is 10.9. The molecule has 0 spiro atoms. The molecule has 5 heteroatoms. The third-order valence-corrected chi connectivity index (χ3v) is 3.51. The van der Waals surface area contributed by atoms with Crippen molar-refractivity contribution in [3.63, 3.8) is 0 Å². The number of carbonyl (C=O) groups is 1. The molecule has 1 aliphatic heterocycles. The Morgan fingerprint density at radius 1 is 1.50 bits per heavy atom. The van der Waals surface area contributed by atoms with Gasteiger partial charge in [0.1, 0.15) is 6.33 Å². The zero-order chi connectivity index (χ0) is 13.0. The average molecular weight is 249 g/mol. The van der Waals surface area contributed by atoms with Crippen LogP contribution in [0.2, 0.25) is 0 Å². The van der Waals surface area contributed by atoms with Crippen LogP contribution in [0, 0.1) is 11.8 Å². The monoisotopic (exact) mass is 249 g/mol. The van der Waals surface area contributed by atoms with E-state index in [0.717, 1.165) is 31.6 Å². The van der Waals surface area contributed by atoms with Gasteiger partial charge in [-0.15, -0.1) is 0 Å². The van der Waals surface area contributed by atoms with E-state index >= 15 is 0 Å². The van der Waals surface area contributed by atoms with Gasteiger partial charge in [-0.25, -0.2) is 9.97 Å². The van der Waals surface area contributed by atoms with Crippen molar-refractivity contribution >= 4 is 5.97 Å². The number of likely N-dealkylation sites (tertiary alicyclic amines) is 1. The molecule has 1 aromatic rings. The maximum atomic E-state index is 11.6. The van der Waals surface area contributed by atoms with Crippen LogP contribution in [0.15, 0.2) is 18.7 Å². The summed E-state index contributed by atoms with van der Waals surface area (Å²) in [5, 5.41) is 0. The molecule has 0 amide bonds. The first-order valence-electron chi connectivity index (χ1n) is 6.24. The predicted molar refractivity (Wildman–Crippen MR) is 66.6 cm³/mol. The summed E-state index contributed by atoms with van der Waals surface area (Å²) in [6, 6.07) is 0. The van der Waals surface area contributed by atoms with Crippen molar-refractivity contribution in [3.8, 4) is 0 Å². The summed E-state index contributed by atoms with van der Waals surface area (Å²) in [7, 11) is 1.46. The van der Waals surface area contributed by atoms with Crippen molar-refractivity contribution in [2.75, 3.05) is 20.2 Å². The summed E-state index contributed by atoms with van der Waals surface area (Å²) < 4.78 is 4.84. The lowest BCUT2D eigenvalue weighted by Gasteiger charge is -2.35. The second kappa shape index (κ2) is 5.91. The number of hydrogen-bond donors (Lipinski definition) is 0. The van der Waals surface area contributed by atoms with Gasteiger partial charge in [-0.1, -0.05) is 6.92 Å². The molecule has 0 saturated carbocycles. The van der Waals surface area contributed by atoms with E-state index in [2.05, 4.69) is 21.8 Å². The van der Waals surface area contributed by atoms with Gasteiger partial charge in [-0.3, -0.25) is 9.69 Å². The minimum atomic E-state index is -0.0785. The number of ether oxygens (including phenoxy) is 1. The van der Waals surface area contributed by atoms with Gasteiger partial charge >= 0.3 is 5.97 Å². The van der Waals surface area contributed by atoms with Crippen LogP contribution in [0.3, 0.4) is 0 Å². The van der Waals surface area contributed by atoms with E-state index in [1.54, 1.807) is 0 Å². The Morgan fingerprint density at radius 3 is 2.83 bits per heavy atom. The van der Waals surface area contributed by atoms with E-state index in [1.807, 2.05) is 12.4 Å². The standard InChI is InChI=1S/C13H19N3O2/c1-10-7-16(4-3-12(10)13(17)18-2)8-11-5-14-9-15-6-11/h5-6,9-10,12H,3-4,7-8H2,1-2H3/t10-,12+/m1/s1. The molecule has 1 aliphatic rings. The molecule has 98 valence electrons. The van der Waals surface area contributed by atoms with Crippen LogP contribution in [0.25, 0.3) is 0 Å². The van der Waals surface area contributed by atoms with Gasteiger partial charge in [0.25, 0.3) is 0 Å². The highest BCUT2D eigenvalue weighted by Crippen LogP contribution is 2.25. The molecule has 2 heterocycles. The Bertz CT molecular complexity index is 396. The normalized spacial score (nSPS) is 24.8. The van der Waals surface area contributed by atoms with Crippen molar-refractivity contribution in [2.24, 2.45) is 11.8 Å². The molecule has 0 radical (unpaired) electrons. The highest BCUT2D eigenvalue weighted by atomic mass is 16.5. The summed E-state index contributed by atoms with van der Waals surface area (Å²) in [6.07, 6.45) is 6.07. The number of hydrogen-bond acceptors (Lipinski definition) is 5. The van der Waals surface area contributed by atoms with Crippen molar-refractivity contribution in [2.45, 2.75) is 19.9 Å². The van der Waals surface area contributed by atoms with E-state index in [9.17, 15) is 4.79 Å². The van der Waals surface area contributed by atoms with E-state index in [1.165, 1.54) is 13.4 Å². The Balaban J connectivity index is 1.90. The molecular weight excluding hydrogens is 230 g/mol. The second-order valence-electron chi connectivity index (χ2n) is 4.88. The number of esters is 1. The summed E-state index contributed by atoms with van der Waals surface area (Å²) >= 11 is 0. The fraction of sp³-hybridized carbons (Fsp3) is 0.615. The number of nitrogens with zero attached hydrogens (tertiary/aromatic N) is 3. The van der Waals surface area contributed by atoms with Gasteiger partial charge < -0.3 is 4.74 Å². The number of carbonyl (C=O) groups excluding carboxylic acids is 1. The lowest BCUT2D eigenvalue weighted by molar-refractivity contribution is -0.149. The minimum Gasteiger partial charge on any atom is -0.469 e. The molecule has 1 saturated heterocycles. The summed E-state index contributed by atoms with van der Waals surface area (Å²) in [5.74, 6) is 0.291. The van der Waals surface area contributed by atoms with E-state index in [4.69, 9.17) is 4.74 Å². The Kier molecular flexibility index (Phi) is 4.25. The highest BCUT2D eigenvalue weighted by Gasteiger charge is 2.31. The fourth-order valence-electron chi connectivity index (χ4n) is 2.55. The van der Waals surface area contributed by atoms with Crippen LogP contribution in [-0.2, 0) is 16.1 Å². The van der Waals surface area contributed by atoms with Gasteiger partial charge in [0.15, 0.2) is 0 Å². The maximum Gasteiger partial charge on any atom is 0.309 e. The van der Waals surface area contributed by atoms with Crippen LogP contribution in [-0.4, -0.2) is 41.0 Å². The second-order valence-corrected chi connectivity index (χ2v) is 4.88. The molecule has 0 aliphatic carbocycles. The van der Waals surface area contributed by atoms with Crippen molar-refractivity contribution < 1.29 is 9.53 Å². The van der Waals surface area contributed by atoms with Crippen LogP contribution >= 0.6 is 0 Å². The molecule has 2 rings (SSSR count). The van der Waals surface area contributed by atoms with E-state index in [0.29, 0.717) is 5.92 Å². The topological polar surface area (TPSA) is 55.3 Å². The number of aromatic nitrogens is 2. The molecule has 5 nitrogen and oxygen atoms in total. The van der Waals surface area contributed by atoms with Crippen LogP contribution in [0.1, 0.15) is 18.9 Å². The van der Waals surface area contributed by atoms with Crippen molar-refractivity contribution in [3.05, 3.63) is 24.3 Å². The highest BCUT2D eigenvalue weighted by molar-refractivity contribution is 5.72. The molecule has 1 fully saturated rings. The van der Waals surface area contributed by atoms with E-state index < -0.39 is 0 Å². The minimum absolute atomic E-state index is 0.0401. The smallest absolute Gasteiger partial charge is 0.309 e. The van der Waals surface area contributed by atoms with Crippen molar-refractivity contribution in [1.82, 2.24) is 14.9 Å². The summed E-state index contributed by atoms with van der Waals surface area (Å²) in [4.78, 5) is 21.9. The largest absolute Gasteiger partial charge is 0.469 e. The Labute approximate surface area is 107 Å². The van der Waals surface area contributed by atoms with Crippen molar-refractivity contribution in [1.29, 1.82) is 0 Å². The summed E-state index contributed by atoms with van der Waals surface area (Å²) in [6.45, 7) is 4.78. The van der Waals surface area contributed by atoms with Gasteiger partial charge in [0.2, 0.25) is 0 Å². The molecule has 0 bridgehead atoms. The van der Waals surface area contributed by atoms with Crippen LogP contribution < -0.4 is 0 Å². The Morgan fingerprint density at radius 2 is 2.22 bits per heavy atom. The van der Waals surface area contributed by atoms with Crippen LogP contribution in [0.5, 0.6) is 0 Å². The summed E-state index contributed by atoms with van der Waals surface area (Å²) in [5.41, 5.74) is 1.11. The molecule has 1 aromatic heterocycles. The molecule has 0 aromatic carbocycles. The fourth-order valence-corrected chi connectivity index (χ4v) is 2.55. The number of methoxy groups -OCH3 is 1. The van der Waals surface area contributed by atoms with Gasteiger partial charge in [-0.05, 0) is 18.9 Å². The predicted octanol–water partition coefficient (Wildman–Crippen LogP) is 1.11. The van der Waals surface area contributed by atoms with E-state index in [-0.39, 0.29) is 11.9 Å². The third kappa shape index (κ3) is 3.04. The maximum absolute atomic E-state index is 11.6. The van der Waals surface area contributed by atoms with Gasteiger partial charge in [0.05, 0.1) is 13.0 Å². The SMILES string of the molecule is COC(=O)[C@H]1CCN(Cc2cncnc2)C[C@H]1C. The third-order valence-electron chi connectivity index (χ3n) is 3.51. The number of piperidine rings is 1. The Hall–Kier alpha value is -1.49. The molecule has 0 unspecified atom stereocenters. The van der Waals surface area contributed by atoms with Gasteiger partial charge in [0, 0.05) is 31.0 Å². The molecular formula is C13H19N3O2. The molecule has 0 N–H and O–H groups in total. The lowest BCUT2D eigenvalue weighted by Crippen LogP contribution is -2.42. The lowest BCUT2D eigenvalue weighted by atomic mass is 9.87. The zero-order valence-corrected chi connectivity index (χ0v) is 10.9.